The average Bonchev–Trinajstić information content (AvgIpc) is 2.75. The van der Waals surface area contributed by atoms with Gasteiger partial charge in [0.2, 0.25) is 0 Å². The largest absolute Gasteiger partial charge is 0.247 e. The maximum atomic E-state index is 13.9. The Labute approximate surface area is 105 Å². The number of halogens is 1. The third kappa shape index (κ3) is 2.39. The van der Waals surface area contributed by atoms with Gasteiger partial charge in [0.15, 0.2) is 0 Å². The van der Waals surface area contributed by atoms with E-state index in [2.05, 4.69) is 6.92 Å². The van der Waals surface area contributed by atoms with Crippen molar-refractivity contribution in [3.05, 3.63) is 0 Å². The highest BCUT2D eigenvalue weighted by molar-refractivity contribution is 4.93. The first-order valence-electron chi connectivity index (χ1n) is 7.88. The van der Waals surface area contributed by atoms with Gasteiger partial charge in [0.1, 0.15) is 6.17 Å². The fourth-order valence-electron chi connectivity index (χ4n) is 4.91. The number of hydrogen-bond donors (Lipinski definition) is 0. The van der Waals surface area contributed by atoms with Crippen molar-refractivity contribution in [3.8, 4) is 0 Å². The second-order valence-electron chi connectivity index (χ2n) is 7.12. The summed E-state index contributed by atoms with van der Waals surface area (Å²) in [6, 6.07) is 0. The minimum absolute atomic E-state index is 0.452. The van der Waals surface area contributed by atoms with Crippen molar-refractivity contribution in [2.24, 2.45) is 29.6 Å². The summed E-state index contributed by atoms with van der Waals surface area (Å²) < 4.78 is 13.9. The van der Waals surface area contributed by atoms with E-state index in [1.54, 1.807) is 0 Å². The van der Waals surface area contributed by atoms with Crippen molar-refractivity contribution in [2.75, 3.05) is 0 Å². The highest BCUT2D eigenvalue weighted by atomic mass is 19.1. The van der Waals surface area contributed by atoms with Crippen LogP contribution in [0.15, 0.2) is 0 Å². The highest BCUT2D eigenvalue weighted by Crippen LogP contribution is 2.51. The predicted molar refractivity (Wildman–Crippen MR) is 69.6 cm³/mol. The summed E-state index contributed by atoms with van der Waals surface area (Å²) in [6.07, 6.45) is 11.2. The van der Waals surface area contributed by atoms with Crippen molar-refractivity contribution in [1.82, 2.24) is 0 Å². The van der Waals surface area contributed by atoms with Crippen molar-refractivity contribution < 1.29 is 4.39 Å². The molecule has 0 bridgehead atoms. The first-order chi connectivity index (χ1) is 8.24. The van der Waals surface area contributed by atoms with E-state index in [9.17, 15) is 4.39 Å². The van der Waals surface area contributed by atoms with Crippen molar-refractivity contribution in [3.63, 3.8) is 0 Å². The molecule has 0 aromatic heterocycles. The van der Waals surface area contributed by atoms with E-state index < -0.39 is 6.17 Å². The van der Waals surface area contributed by atoms with Crippen molar-refractivity contribution in [1.29, 1.82) is 0 Å². The molecule has 3 aliphatic carbocycles. The second-order valence-corrected chi connectivity index (χ2v) is 7.12. The highest BCUT2D eigenvalue weighted by Gasteiger charge is 2.43. The van der Waals surface area contributed by atoms with Gasteiger partial charge in [-0.1, -0.05) is 26.2 Å². The SMILES string of the molecule is CC1CCC(C2CC3CCCC(F)C3C2)CC1. The quantitative estimate of drug-likeness (QED) is 0.604. The molecule has 0 aromatic carbocycles. The lowest BCUT2D eigenvalue weighted by Gasteiger charge is -2.30. The minimum atomic E-state index is -0.457. The fraction of sp³-hybridized carbons (Fsp3) is 1.00. The lowest BCUT2D eigenvalue weighted by atomic mass is 9.75. The Bertz CT molecular complexity index is 254. The third-order valence-electron chi connectivity index (χ3n) is 6.03. The number of rotatable bonds is 1. The van der Waals surface area contributed by atoms with Crippen LogP contribution in [-0.4, -0.2) is 6.17 Å². The van der Waals surface area contributed by atoms with Gasteiger partial charge in [-0.25, -0.2) is 4.39 Å². The molecule has 0 saturated heterocycles. The molecule has 0 aliphatic heterocycles. The van der Waals surface area contributed by atoms with Crippen LogP contribution in [-0.2, 0) is 0 Å². The van der Waals surface area contributed by atoms with E-state index in [-0.39, 0.29) is 0 Å². The van der Waals surface area contributed by atoms with Gasteiger partial charge in [0.25, 0.3) is 0 Å². The monoisotopic (exact) mass is 238 g/mol. The molecule has 4 atom stereocenters. The van der Waals surface area contributed by atoms with E-state index in [4.69, 9.17) is 0 Å². The predicted octanol–water partition coefficient (Wildman–Crippen LogP) is 4.98. The Morgan fingerprint density at radius 3 is 2.24 bits per heavy atom. The van der Waals surface area contributed by atoms with E-state index in [1.165, 1.54) is 44.9 Å². The first-order valence-corrected chi connectivity index (χ1v) is 7.88. The smallest absolute Gasteiger partial charge is 0.103 e. The van der Waals surface area contributed by atoms with Crippen LogP contribution in [0.25, 0.3) is 0 Å². The molecule has 17 heavy (non-hydrogen) atoms. The lowest BCUT2D eigenvalue weighted by molar-refractivity contribution is 0.127. The van der Waals surface area contributed by atoms with Gasteiger partial charge in [0, 0.05) is 0 Å². The maximum Gasteiger partial charge on any atom is 0.103 e. The molecule has 0 heterocycles. The summed E-state index contributed by atoms with van der Waals surface area (Å²) in [5.41, 5.74) is 0. The van der Waals surface area contributed by atoms with Crippen molar-refractivity contribution >= 4 is 0 Å². The second kappa shape index (κ2) is 4.90. The van der Waals surface area contributed by atoms with Gasteiger partial charge in [0.05, 0.1) is 0 Å². The molecule has 0 amide bonds. The molecular formula is C16H27F. The summed E-state index contributed by atoms with van der Waals surface area (Å²) in [6.45, 7) is 2.39. The fourth-order valence-corrected chi connectivity index (χ4v) is 4.91. The van der Waals surface area contributed by atoms with Crippen LogP contribution in [0.4, 0.5) is 4.39 Å². The molecule has 3 saturated carbocycles. The summed E-state index contributed by atoms with van der Waals surface area (Å²) in [7, 11) is 0. The number of hydrogen-bond acceptors (Lipinski definition) is 0. The van der Waals surface area contributed by atoms with Gasteiger partial charge < -0.3 is 0 Å². The van der Waals surface area contributed by atoms with Gasteiger partial charge >= 0.3 is 0 Å². The Morgan fingerprint density at radius 2 is 1.53 bits per heavy atom. The molecule has 0 aromatic rings. The number of fused-ring (bicyclic) bond motifs is 1. The van der Waals surface area contributed by atoms with E-state index >= 15 is 0 Å². The van der Waals surface area contributed by atoms with E-state index in [0.29, 0.717) is 5.92 Å². The van der Waals surface area contributed by atoms with E-state index in [1.807, 2.05) is 0 Å². The van der Waals surface area contributed by atoms with Crippen LogP contribution in [0.3, 0.4) is 0 Å². The molecular weight excluding hydrogens is 211 g/mol. The van der Waals surface area contributed by atoms with Crippen LogP contribution in [0, 0.1) is 29.6 Å². The average molecular weight is 238 g/mol. The third-order valence-corrected chi connectivity index (χ3v) is 6.03. The molecule has 4 unspecified atom stereocenters. The minimum Gasteiger partial charge on any atom is -0.247 e. The molecule has 0 nitrogen and oxygen atoms in total. The van der Waals surface area contributed by atoms with Crippen LogP contribution >= 0.6 is 0 Å². The molecule has 0 spiro atoms. The topological polar surface area (TPSA) is 0 Å². The van der Waals surface area contributed by atoms with Gasteiger partial charge in [-0.3, -0.25) is 0 Å². The van der Waals surface area contributed by atoms with Crippen molar-refractivity contribution in [2.45, 2.75) is 70.9 Å². The molecule has 3 rings (SSSR count). The summed E-state index contributed by atoms with van der Waals surface area (Å²) in [4.78, 5) is 0. The zero-order valence-corrected chi connectivity index (χ0v) is 11.2. The molecule has 3 fully saturated rings. The zero-order chi connectivity index (χ0) is 11.8. The molecule has 1 heteroatoms. The molecule has 3 aliphatic rings. The zero-order valence-electron chi connectivity index (χ0n) is 11.2. The van der Waals surface area contributed by atoms with Crippen LogP contribution < -0.4 is 0 Å². The Morgan fingerprint density at radius 1 is 0.765 bits per heavy atom. The molecule has 98 valence electrons. The maximum absolute atomic E-state index is 13.9. The molecule has 0 radical (unpaired) electrons. The van der Waals surface area contributed by atoms with Crippen LogP contribution in [0.5, 0.6) is 0 Å². The Hall–Kier alpha value is -0.0700. The standard InChI is InChI=1S/C16H27F/c1-11-5-7-12(8-6-11)14-9-13-3-2-4-16(17)15(13)10-14/h11-16H,2-10H2,1H3. The normalized spacial score (nSPS) is 51.2. The van der Waals surface area contributed by atoms with E-state index in [0.717, 1.165) is 36.5 Å². The number of alkyl halides is 1. The lowest BCUT2D eigenvalue weighted by Crippen LogP contribution is -2.25. The Balaban J connectivity index is 1.59. The van der Waals surface area contributed by atoms with Gasteiger partial charge in [-0.05, 0) is 68.1 Å². The summed E-state index contributed by atoms with van der Waals surface area (Å²) in [5, 5.41) is 0. The van der Waals surface area contributed by atoms with Crippen LogP contribution in [0.1, 0.15) is 64.7 Å². The Kier molecular flexibility index (Phi) is 3.45. The van der Waals surface area contributed by atoms with Gasteiger partial charge in [-0.2, -0.15) is 0 Å². The summed E-state index contributed by atoms with van der Waals surface area (Å²) >= 11 is 0. The van der Waals surface area contributed by atoms with Gasteiger partial charge in [-0.15, -0.1) is 0 Å². The first kappa shape index (κ1) is 12.0. The summed E-state index contributed by atoms with van der Waals surface area (Å²) in [5.74, 6) is 3.98. The van der Waals surface area contributed by atoms with Crippen LogP contribution in [0.2, 0.25) is 0 Å². The molecule has 0 N–H and O–H groups in total.